The summed E-state index contributed by atoms with van der Waals surface area (Å²) >= 11 is 6.53. The van der Waals surface area contributed by atoms with Crippen molar-refractivity contribution in [2.75, 3.05) is 6.61 Å². The van der Waals surface area contributed by atoms with Crippen molar-refractivity contribution in [1.82, 2.24) is 19.5 Å². The molecule has 2 aromatic heterocycles. The van der Waals surface area contributed by atoms with E-state index in [1.54, 1.807) is 0 Å². The van der Waals surface area contributed by atoms with Crippen molar-refractivity contribution in [3.63, 3.8) is 0 Å². The maximum atomic E-state index is 11.7. The molecule has 0 aliphatic carbocycles. The number of fused-ring (bicyclic) bond motifs is 1. The lowest BCUT2D eigenvalue weighted by Gasteiger charge is -2.23. The van der Waals surface area contributed by atoms with E-state index in [1.165, 1.54) is 31.7 Å². The zero-order valence-corrected chi connectivity index (χ0v) is 18.7. The molecular formula is C16H16Br2N4O7. The fourth-order valence-corrected chi connectivity index (χ4v) is 3.99. The summed E-state index contributed by atoms with van der Waals surface area (Å²) in [6.07, 6.45) is -2.41. The first-order valence-electron chi connectivity index (χ1n) is 8.36. The number of hydrogen-bond acceptors (Lipinski definition) is 10. The molecule has 11 nitrogen and oxygen atoms in total. The standard InChI is InChI=1S/C16H16Br2N4O7/c1-6(23)26-4-9-11(27-7(2)24)12(28-8(3)25)15(29-9)22-5-19-10-13(17)20-16(18)21-14(10)22/h5,9,11-12,15H,4H2,1-3H3/t9-,11-,12-,15-/m1/s1. The zero-order chi connectivity index (χ0) is 21.3. The minimum Gasteiger partial charge on any atom is -0.463 e. The van der Waals surface area contributed by atoms with Gasteiger partial charge >= 0.3 is 17.9 Å². The Morgan fingerprint density at radius 1 is 1.07 bits per heavy atom. The molecule has 2 aromatic rings. The average molecular weight is 536 g/mol. The third-order valence-electron chi connectivity index (χ3n) is 3.97. The van der Waals surface area contributed by atoms with Crippen molar-refractivity contribution in [2.24, 2.45) is 0 Å². The van der Waals surface area contributed by atoms with Crippen molar-refractivity contribution in [3.8, 4) is 0 Å². The van der Waals surface area contributed by atoms with E-state index in [0.717, 1.165) is 0 Å². The van der Waals surface area contributed by atoms with E-state index in [-0.39, 0.29) is 6.61 Å². The summed E-state index contributed by atoms with van der Waals surface area (Å²) < 4.78 is 24.0. The second-order valence-corrected chi connectivity index (χ2v) is 7.58. The minimum absolute atomic E-state index is 0.198. The molecular weight excluding hydrogens is 520 g/mol. The van der Waals surface area contributed by atoms with Gasteiger partial charge < -0.3 is 18.9 Å². The summed E-state index contributed by atoms with van der Waals surface area (Å²) in [5.41, 5.74) is 0.835. The number of ether oxygens (including phenoxy) is 4. The van der Waals surface area contributed by atoms with Gasteiger partial charge in [0.25, 0.3) is 0 Å². The first-order valence-corrected chi connectivity index (χ1v) is 9.94. The summed E-state index contributed by atoms with van der Waals surface area (Å²) in [5.74, 6) is -1.74. The van der Waals surface area contributed by atoms with E-state index in [9.17, 15) is 14.4 Å². The summed E-state index contributed by atoms with van der Waals surface area (Å²) in [4.78, 5) is 47.3. The van der Waals surface area contributed by atoms with Gasteiger partial charge in [0.2, 0.25) is 0 Å². The summed E-state index contributed by atoms with van der Waals surface area (Å²) in [7, 11) is 0. The van der Waals surface area contributed by atoms with E-state index in [4.69, 9.17) is 18.9 Å². The van der Waals surface area contributed by atoms with Crippen LogP contribution in [-0.2, 0) is 33.3 Å². The molecule has 29 heavy (non-hydrogen) atoms. The van der Waals surface area contributed by atoms with Crippen LogP contribution in [0.1, 0.15) is 27.0 Å². The van der Waals surface area contributed by atoms with Gasteiger partial charge in [-0.25, -0.2) is 15.0 Å². The highest BCUT2D eigenvalue weighted by Crippen LogP contribution is 2.36. The smallest absolute Gasteiger partial charge is 0.303 e. The average Bonchev–Trinajstić information content (AvgIpc) is 3.15. The minimum atomic E-state index is -1.03. The van der Waals surface area contributed by atoms with Crippen molar-refractivity contribution in [3.05, 3.63) is 15.7 Å². The number of aromatic nitrogens is 4. The van der Waals surface area contributed by atoms with E-state index in [1.807, 2.05) is 0 Å². The highest BCUT2D eigenvalue weighted by molar-refractivity contribution is 9.11. The molecule has 0 radical (unpaired) electrons. The van der Waals surface area contributed by atoms with E-state index < -0.39 is 42.4 Å². The molecule has 0 spiro atoms. The van der Waals surface area contributed by atoms with Crippen molar-refractivity contribution < 1.29 is 33.3 Å². The topological polar surface area (TPSA) is 132 Å². The largest absolute Gasteiger partial charge is 0.463 e. The number of rotatable bonds is 5. The third-order valence-corrected chi connectivity index (χ3v) is 4.87. The number of esters is 3. The zero-order valence-electron chi connectivity index (χ0n) is 15.5. The van der Waals surface area contributed by atoms with Crippen molar-refractivity contribution in [2.45, 2.75) is 45.3 Å². The van der Waals surface area contributed by atoms with E-state index >= 15 is 0 Å². The van der Waals surface area contributed by atoms with Crippen LogP contribution in [0.5, 0.6) is 0 Å². The Labute approximate surface area is 181 Å². The van der Waals surface area contributed by atoms with Gasteiger partial charge in [0, 0.05) is 20.8 Å². The molecule has 0 N–H and O–H groups in total. The van der Waals surface area contributed by atoms with Crippen LogP contribution < -0.4 is 0 Å². The maximum absolute atomic E-state index is 11.7. The fourth-order valence-electron chi connectivity index (χ4n) is 2.96. The number of carbonyl (C=O) groups is 3. The van der Waals surface area contributed by atoms with E-state index in [2.05, 4.69) is 46.8 Å². The Kier molecular flexibility index (Phi) is 6.49. The monoisotopic (exact) mass is 534 g/mol. The first-order chi connectivity index (χ1) is 13.7. The van der Waals surface area contributed by atoms with Gasteiger partial charge in [-0.05, 0) is 31.9 Å². The predicted molar refractivity (Wildman–Crippen MR) is 102 cm³/mol. The first kappa shape index (κ1) is 21.6. The van der Waals surface area contributed by atoms with Crippen LogP contribution in [0.2, 0.25) is 0 Å². The Morgan fingerprint density at radius 2 is 1.72 bits per heavy atom. The number of hydrogen-bond donors (Lipinski definition) is 0. The summed E-state index contributed by atoms with van der Waals surface area (Å²) in [6.45, 7) is 3.49. The Bertz CT molecular complexity index is 966. The molecule has 0 saturated carbocycles. The molecule has 3 heterocycles. The van der Waals surface area contributed by atoms with Crippen LogP contribution in [0.25, 0.3) is 11.2 Å². The third kappa shape index (κ3) is 4.73. The molecule has 0 amide bonds. The number of halogens is 2. The molecule has 1 aliphatic heterocycles. The molecule has 1 aliphatic rings. The molecule has 0 bridgehead atoms. The van der Waals surface area contributed by atoms with Gasteiger partial charge in [0.1, 0.15) is 22.8 Å². The van der Waals surface area contributed by atoms with Gasteiger partial charge in [0.15, 0.2) is 28.8 Å². The molecule has 4 atom stereocenters. The molecule has 1 fully saturated rings. The van der Waals surface area contributed by atoms with Crippen LogP contribution in [-0.4, -0.2) is 62.3 Å². The second kappa shape index (κ2) is 8.71. The lowest BCUT2D eigenvalue weighted by molar-refractivity contribution is -0.166. The lowest BCUT2D eigenvalue weighted by Crippen LogP contribution is -2.40. The number of carbonyl (C=O) groups excluding carboxylic acids is 3. The van der Waals surface area contributed by atoms with Crippen LogP contribution in [0.15, 0.2) is 15.7 Å². The van der Waals surface area contributed by atoms with E-state index in [0.29, 0.717) is 20.5 Å². The molecule has 156 valence electrons. The Hall–Kier alpha value is -2.12. The normalized spacial score (nSPS) is 23.8. The fraction of sp³-hybridized carbons (Fsp3) is 0.500. The van der Waals surface area contributed by atoms with Gasteiger partial charge in [-0.3, -0.25) is 19.0 Å². The maximum Gasteiger partial charge on any atom is 0.303 e. The van der Waals surface area contributed by atoms with Gasteiger partial charge in [-0.15, -0.1) is 0 Å². The molecule has 0 aromatic carbocycles. The number of imidazole rings is 1. The van der Waals surface area contributed by atoms with Crippen LogP contribution in [0.4, 0.5) is 0 Å². The summed E-state index contributed by atoms with van der Waals surface area (Å²) in [6, 6.07) is 0. The van der Waals surface area contributed by atoms with Gasteiger partial charge in [-0.1, -0.05) is 0 Å². The van der Waals surface area contributed by atoms with Crippen molar-refractivity contribution in [1.29, 1.82) is 0 Å². The SMILES string of the molecule is CC(=O)OC[C@H]1O[C@@H](n2cnc3c(Br)nc(Br)nc32)[C@H](OC(C)=O)[C@@H]1OC(C)=O. The molecule has 3 rings (SSSR count). The number of nitrogens with zero attached hydrogens (tertiary/aromatic N) is 4. The lowest BCUT2D eigenvalue weighted by atomic mass is 10.1. The predicted octanol–water partition coefficient (Wildman–Crippen LogP) is 1.68. The quantitative estimate of drug-likeness (QED) is 0.241. The van der Waals surface area contributed by atoms with Crippen LogP contribution in [0, 0.1) is 0 Å². The highest BCUT2D eigenvalue weighted by Gasteiger charge is 2.51. The Morgan fingerprint density at radius 3 is 2.34 bits per heavy atom. The van der Waals surface area contributed by atoms with Gasteiger partial charge in [-0.2, -0.15) is 0 Å². The van der Waals surface area contributed by atoms with Crippen LogP contribution in [0.3, 0.4) is 0 Å². The summed E-state index contributed by atoms with van der Waals surface area (Å²) in [5, 5.41) is 0. The van der Waals surface area contributed by atoms with Crippen LogP contribution >= 0.6 is 31.9 Å². The van der Waals surface area contributed by atoms with Gasteiger partial charge in [0.05, 0.1) is 6.33 Å². The Balaban J connectivity index is 2.04. The highest BCUT2D eigenvalue weighted by atomic mass is 79.9. The van der Waals surface area contributed by atoms with Crippen molar-refractivity contribution >= 4 is 60.9 Å². The molecule has 13 heteroatoms. The molecule has 1 saturated heterocycles. The molecule has 0 unspecified atom stereocenters. The second-order valence-electron chi connectivity index (χ2n) is 6.12.